The fourth-order valence-electron chi connectivity index (χ4n) is 3.34. The van der Waals surface area contributed by atoms with Crippen molar-refractivity contribution in [3.05, 3.63) is 53.6 Å². The molecular formula is C24H26F3N5O5S. The highest BCUT2D eigenvalue weighted by Gasteiger charge is 2.31. The summed E-state index contributed by atoms with van der Waals surface area (Å²) in [7, 11) is 0. The van der Waals surface area contributed by atoms with Gasteiger partial charge in [-0.1, -0.05) is 23.5 Å². The predicted molar refractivity (Wildman–Crippen MR) is 135 cm³/mol. The van der Waals surface area contributed by atoms with E-state index in [0.29, 0.717) is 16.1 Å². The van der Waals surface area contributed by atoms with Gasteiger partial charge in [-0.05, 0) is 63.1 Å². The van der Waals surface area contributed by atoms with E-state index in [-0.39, 0.29) is 29.5 Å². The highest BCUT2D eigenvalue weighted by molar-refractivity contribution is 7.18. The van der Waals surface area contributed by atoms with Gasteiger partial charge in [0.1, 0.15) is 16.4 Å². The minimum Gasteiger partial charge on any atom is -0.506 e. The molecule has 10 nitrogen and oxygen atoms in total. The first-order valence-electron chi connectivity index (χ1n) is 11.2. The van der Waals surface area contributed by atoms with E-state index in [4.69, 9.17) is 10.5 Å². The standard InChI is InChI=1S/C24H26F3N5O5S/c1-23(2,3)37-22(36)32(20-31-30-19(38-20)14-6-9-17(28)18(33)11-14)12-16(29-21(34)35)10-13-4-7-15(8-5-13)24(25,26)27/h4-9,11,16,29,33H,10,12,28H2,1-3H3,(H,34,35)/t16-/m0/s1. The SMILES string of the molecule is CC(C)(C)OC(=O)N(C[C@H](Cc1ccc(C(F)(F)F)cc1)NC(=O)O)c1nnc(-c2ccc(N)c(O)c2)s1. The molecule has 14 heteroatoms. The number of carbonyl (C=O) groups excluding carboxylic acids is 1. The first kappa shape index (κ1) is 28.5. The van der Waals surface area contributed by atoms with Crippen LogP contribution in [-0.2, 0) is 17.3 Å². The maximum atomic E-state index is 13.1. The summed E-state index contributed by atoms with van der Waals surface area (Å²) in [4.78, 5) is 25.7. The summed E-state index contributed by atoms with van der Waals surface area (Å²) in [6.45, 7) is 4.70. The highest BCUT2D eigenvalue weighted by Crippen LogP contribution is 2.33. The number of nitrogens with zero attached hydrogens (tertiary/aromatic N) is 3. The summed E-state index contributed by atoms with van der Waals surface area (Å²) < 4.78 is 44.3. The van der Waals surface area contributed by atoms with Gasteiger partial charge in [-0.25, -0.2) is 14.5 Å². The first-order valence-corrected chi connectivity index (χ1v) is 12.0. The Bertz CT molecular complexity index is 1290. The Labute approximate surface area is 219 Å². The van der Waals surface area contributed by atoms with Crippen molar-refractivity contribution in [2.45, 2.75) is 45.0 Å². The Kier molecular flexibility index (Phi) is 8.35. The van der Waals surface area contributed by atoms with Gasteiger partial charge in [0.05, 0.1) is 23.8 Å². The topological polar surface area (TPSA) is 151 Å². The van der Waals surface area contributed by atoms with E-state index in [1.165, 1.54) is 24.3 Å². The van der Waals surface area contributed by atoms with Crippen LogP contribution in [0.3, 0.4) is 0 Å². The molecule has 5 N–H and O–H groups in total. The molecule has 0 aliphatic carbocycles. The van der Waals surface area contributed by atoms with E-state index in [1.807, 2.05) is 0 Å². The van der Waals surface area contributed by atoms with Crippen LogP contribution < -0.4 is 16.0 Å². The van der Waals surface area contributed by atoms with Crippen LogP contribution in [0, 0.1) is 0 Å². The summed E-state index contributed by atoms with van der Waals surface area (Å²) in [5.74, 6) is -0.162. The van der Waals surface area contributed by atoms with Crippen LogP contribution in [0.25, 0.3) is 10.6 Å². The molecule has 0 spiro atoms. The number of aromatic nitrogens is 2. The second-order valence-corrected chi connectivity index (χ2v) is 10.3. The molecule has 0 fully saturated rings. The number of alkyl halides is 3. The second kappa shape index (κ2) is 11.1. The number of benzene rings is 2. The van der Waals surface area contributed by atoms with Crippen molar-refractivity contribution in [1.82, 2.24) is 15.5 Å². The Morgan fingerprint density at radius 1 is 1.13 bits per heavy atom. The number of anilines is 2. The third-order valence-electron chi connectivity index (χ3n) is 5.03. The average molecular weight is 554 g/mol. The quantitative estimate of drug-likeness (QED) is 0.232. The van der Waals surface area contributed by atoms with Crippen LogP contribution in [0.2, 0.25) is 0 Å². The molecule has 0 saturated heterocycles. The van der Waals surface area contributed by atoms with E-state index in [9.17, 15) is 33.0 Å². The average Bonchev–Trinajstić information content (AvgIpc) is 3.27. The van der Waals surface area contributed by atoms with Crippen molar-refractivity contribution in [3.8, 4) is 16.3 Å². The zero-order chi connectivity index (χ0) is 28.3. The number of amides is 2. The van der Waals surface area contributed by atoms with Gasteiger partial charge in [-0.15, -0.1) is 10.2 Å². The molecule has 0 aliphatic heterocycles. The van der Waals surface area contributed by atoms with E-state index in [1.54, 1.807) is 26.8 Å². The number of halogens is 3. The third-order valence-corrected chi connectivity index (χ3v) is 6.03. The van der Waals surface area contributed by atoms with Crippen molar-refractivity contribution < 1.29 is 37.7 Å². The number of aromatic hydroxyl groups is 1. The van der Waals surface area contributed by atoms with Gasteiger partial charge in [-0.2, -0.15) is 13.2 Å². The summed E-state index contributed by atoms with van der Waals surface area (Å²) >= 11 is 0.986. The maximum Gasteiger partial charge on any atom is 0.416 e. The summed E-state index contributed by atoms with van der Waals surface area (Å²) in [5.41, 5.74) is 4.97. The maximum absolute atomic E-state index is 13.1. The number of ether oxygens (including phenoxy) is 1. The smallest absolute Gasteiger partial charge is 0.416 e. The van der Waals surface area contributed by atoms with Crippen LogP contribution in [-0.4, -0.2) is 50.8 Å². The number of phenolic OH excluding ortho intramolecular Hbond substituents is 1. The van der Waals surface area contributed by atoms with Gasteiger partial charge in [0.15, 0.2) is 0 Å². The van der Waals surface area contributed by atoms with Crippen LogP contribution in [0.1, 0.15) is 31.9 Å². The van der Waals surface area contributed by atoms with Crippen molar-refractivity contribution in [2.24, 2.45) is 0 Å². The lowest BCUT2D eigenvalue weighted by Crippen LogP contribution is -2.48. The molecule has 204 valence electrons. The predicted octanol–water partition coefficient (Wildman–Crippen LogP) is 5.13. The highest BCUT2D eigenvalue weighted by atomic mass is 32.1. The number of carbonyl (C=O) groups is 2. The lowest BCUT2D eigenvalue weighted by atomic mass is 10.0. The second-order valence-electron chi connectivity index (χ2n) is 9.30. The van der Waals surface area contributed by atoms with Crippen molar-refractivity contribution in [3.63, 3.8) is 0 Å². The molecule has 0 unspecified atom stereocenters. The van der Waals surface area contributed by atoms with Crippen LogP contribution in [0.5, 0.6) is 5.75 Å². The van der Waals surface area contributed by atoms with Crippen LogP contribution in [0.15, 0.2) is 42.5 Å². The van der Waals surface area contributed by atoms with E-state index < -0.39 is 35.6 Å². The lowest BCUT2D eigenvalue weighted by Gasteiger charge is -2.28. The number of hydrogen-bond acceptors (Lipinski definition) is 8. The first-order chi connectivity index (χ1) is 17.6. The molecule has 3 aromatic rings. The monoisotopic (exact) mass is 553 g/mol. The van der Waals surface area contributed by atoms with Gasteiger partial charge in [0.25, 0.3) is 0 Å². The van der Waals surface area contributed by atoms with E-state index >= 15 is 0 Å². The van der Waals surface area contributed by atoms with E-state index in [0.717, 1.165) is 28.4 Å². The largest absolute Gasteiger partial charge is 0.506 e. The Morgan fingerprint density at radius 2 is 1.79 bits per heavy atom. The number of phenols is 1. The molecule has 0 aliphatic rings. The molecule has 0 bridgehead atoms. The molecule has 0 saturated carbocycles. The van der Waals surface area contributed by atoms with Gasteiger partial charge in [-0.3, -0.25) is 0 Å². The molecule has 38 heavy (non-hydrogen) atoms. The van der Waals surface area contributed by atoms with Gasteiger partial charge >= 0.3 is 18.4 Å². The molecule has 2 amide bonds. The van der Waals surface area contributed by atoms with Crippen LogP contribution in [0.4, 0.5) is 33.6 Å². The van der Waals surface area contributed by atoms with Gasteiger partial charge in [0.2, 0.25) is 5.13 Å². The Balaban J connectivity index is 1.92. The number of carboxylic acid groups (broad SMARTS) is 1. The summed E-state index contributed by atoms with van der Waals surface area (Å²) in [6.07, 6.45) is -6.76. The molecular weight excluding hydrogens is 527 g/mol. The van der Waals surface area contributed by atoms with Gasteiger partial charge < -0.3 is 26.0 Å². The summed E-state index contributed by atoms with van der Waals surface area (Å²) in [5, 5.41) is 30.1. The molecule has 1 atom stereocenters. The molecule has 1 heterocycles. The fraction of sp³-hybridized carbons (Fsp3) is 0.333. The van der Waals surface area contributed by atoms with Crippen molar-refractivity contribution >= 4 is 34.3 Å². The molecule has 0 radical (unpaired) electrons. The number of rotatable bonds is 7. The number of hydrogen-bond donors (Lipinski definition) is 4. The number of nitrogen functional groups attached to an aromatic ring is 1. The normalized spacial score (nSPS) is 12.6. The van der Waals surface area contributed by atoms with Crippen molar-refractivity contribution in [1.29, 1.82) is 0 Å². The van der Waals surface area contributed by atoms with Crippen LogP contribution >= 0.6 is 11.3 Å². The Morgan fingerprint density at radius 3 is 2.34 bits per heavy atom. The summed E-state index contributed by atoms with van der Waals surface area (Å²) in [6, 6.07) is 7.82. The molecule has 3 rings (SSSR count). The van der Waals surface area contributed by atoms with Gasteiger partial charge in [0, 0.05) is 5.56 Å². The zero-order valence-corrected chi connectivity index (χ0v) is 21.4. The molecule has 1 aromatic heterocycles. The third kappa shape index (κ3) is 7.71. The van der Waals surface area contributed by atoms with E-state index in [2.05, 4.69) is 15.5 Å². The Hall–Kier alpha value is -4.07. The minimum atomic E-state index is -4.51. The minimum absolute atomic E-state index is 0.0266. The molecule has 2 aromatic carbocycles. The number of nitrogens with two attached hydrogens (primary N) is 1. The fourth-order valence-corrected chi connectivity index (χ4v) is 4.18. The number of nitrogens with one attached hydrogen (secondary N) is 1. The zero-order valence-electron chi connectivity index (χ0n) is 20.6. The van der Waals surface area contributed by atoms with Crippen molar-refractivity contribution in [2.75, 3.05) is 17.2 Å². The lowest BCUT2D eigenvalue weighted by molar-refractivity contribution is -0.137.